The number of hydrogen-bond donors (Lipinski definition) is 3. The predicted molar refractivity (Wildman–Crippen MR) is 115 cm³/mol. The summed E-state index contributed by atoms with van der Waals surface area (Å²) in [5.74, 6) is -1.37. The lowest BCUT2D eigenvalue weighted by Gasteiger charge is -2.12. The molecule has 3 aromatic rings. The van der Waals surface area contributed by atoms with Crippen molar-refractivity contribution in [3.63, 3.8) is 0 Å². The lowest BCUT2D eigenvalue weighted by atomic mass is 10.1. The maximum atomic E-state index is 13.7. The third-order valence-corrected chi connectivity index (χ3v) is 4.36. The summed E-state index contributed by atoms with van der Waals surface area (Å²) in [5, 5.41) is 9.20. The van der Waals surface area contributed by atoms with Crippen LogP contribution in [-0.2, 0) is 6.42 Å². The van der Waals surface area contributed by atoms with Gasteiger partial charge in [0.05, 0.1) is 5.56 Å². The molecule has 0 aliphatic heterocycles. The molecule has 0 aliphatic carbocycles. The zero-order chi connectivity index (χ0) is 20.6. The van der Waals surface area contributed by atoms with Gasteiger partial charge in [0.1, 0.15) is 11.6 Å². The number of carbonyl (C=O) groups is 1. The monoisotopic (exact) mass is 411 g/mol. The van der Waals surface area contributed by atoms with E-state index in [1.54, 1.807) is 42.5 Å². The van der Waals surface area contributed by atoms with E-state index < -0.39 is 11.7 Å². The van der Waals surface area contributed by atoms with Gasteiger partial charge in [-0.05, 0) is 66.7 Å². The van der Waals surface area contributed by atoms with E-state index in [-0.39, 0.29) is 11.4 Å². The number of halogens is 2. The van der Waals surface area contributed by atoms with E-state index in [1.165, 1.54) is 30.3 Å². The van der Waals surface area contributed by atoms with Crippen LogP contribution in [0, 0.1) is 11.6 Å². The van der Waals surface area contributed by atoms with Crippen LogP contribution in [0.1, 0.15) is 15.9 Å². The maximum absolute atomic E-state index is 13.7. The van der Waals surface area contributed by atoms with Crippen molar-refractivity contribution in [3.05, 3.63) is 95.6 Å². The Balaban J connectivity index is 1.52. The van der Waals surface area contributed by atoms with Gasteiger partial charge >= 0.3 is 0 Å². The topological polar surface area (TPSA) is 53.2 Å². The molecule has 3 rings (SSSR count). The molecule has 0 heterocycles. The summed E-state index contributed by atoms with van der Waals surface area (Å²) >= 11 is 5.28. The van der Waals surface area contributed by atoms with E-state index in [4.69, 9.17) is 12.2 Å². The van der Waals surface area contributed by atoms with Gasteiger partial charge in [-0.15, -0.1) is 0 Å². The molecule has 3 N–H and O–H groups in total. The van der Waals surface area contributed by atoms with Crippen LogP contribution in [-0.4, -0.2) is 17.6 Å². The lowest BCUT2D eigenvalue weighted by Crippen LogP contribution is -2.30. The molecule has 0 atom stereocenters. The van der Waals surface area contributed by atoms with Gasteiger partial charge in [0.25, 0.3) is 5.91 Å². The van der Waals surface area contributed by atoms with Gasteiger partial charge < -0.3 is 16.0 Å². The van der Waals surface area contributed by atoms with Gasteiger partial charge in [-0.25, -0.2) is 8.78 Å². The predicted octanol–water partition coefficient (Wildman–Crippen LogP) is 4.75. The Hall–Kier alpha value is -3.32. The summed E-state index contributed by atoms with van der Waals surface area (Å²) in [5.41, 5.74) is 2.16. The van der Waals surface area contributed by atoms with Crippen molar-refractivity contribution in [3.8, 4) is 0 Å². The molecule has 0 bridgehead atoms. The Labute approximate surface area is 173 Å². The molecule has 0 aromatic heterocycles. The second-order valence-corrected chi connectivity index (χ2v) is 6.68. The van der Waals surface area contributed by atoms with Gasteiger partial charge in [0.2, 0.25) is 0 Å². The van der Waals surface area contributed by atoms with Crippen molar-refractivity contribution in [2.24, 2.45) is 0 Å². The van der Waals surface area contributed by atoms with Crippen LogP contribution >= 0.6 is 12.2 Å². The van der Waals surface area contributed by atoms with Crippen LogP contribution in [0.2, 0.25) is 0 Å². The van der Waals surface area contributed by atoms with E-state index in [9.17, 15) is 13.6 Å². The van der Waals surface area contributed by atoms with E-state index in [0.717, 1.165) is 5.56 Å². The van der Waals surface area contributed by atoms with Crippen LogP contribution < -0.4 is 16.0 Å². The van der Waals surface area contributed by atoms with Crippen molar-refractivity contribution < 1.29 is 13.6 Å². The standard InChI is InChI=1S/C22H19F2N3OS/c23-16-10-8-15(9-11-16)12-13-25-22(29)27-18-5-3-4-17(14-18)26-21(28)19-6-1-2-7-20(19)24/h1-11,14H,12-13H2,(H,26,28)(H2,25,27,29). The summed E-state index contributed by atoms with van der Waals surface area (Å²) < 4.78 is 26.7. The fraction of sp³-hybridized carbons (Fsp3) is 0.0909. The fourth-order valence-electron chi connectivity index (χ4n) is 2.67. The average Bonchev–Trinajstić information content (AvgIpc) is 2.70. The van der Waals surface area contributed by atoms with Crippen LogP contribution in [0.4, 0.5) is 20.2 Å². The largest absolute Gasteiger partial charge is 0.362 e. The summed E-state index contributed by atoms with van der Waals surface area (Å²) in [4.78, 5) is 12.2. The Bertz CT molecular complexity index is 1010. The number of hydrogen-bond acceptors (Lipinski definition) is 2. The van der Waals surface area contributed by atoms with Crippen molar-refractivity contribution in [1.82, 2.24) is 5.32 Å². The number of carbonyl (C=O) groups excluding carboxylic acids is 1. The highest BCUT2D eigenvalue weighted by Gasteiger charge is 2.11. The number of benzene rings is 3. The molecular formula is C22H19F2N3OS. The van der Waals surface area contributed by atoms with Crippen molar-refractivity contribution >= 4 is 34.6 Å². The highest BCUT2D eigenvalue weighted by molar-refractivity contribution is 7.80. The first-order valence-corrected chi connectivity index (χ1v) is 9.37. The smallest absolute Gasteiger partial charge is 0.258 e. The molecule has 3 aromatic carbocycles. The molecule has 0 saturated heterocycles. The van der Waals surface area contributed by atoms with Crippen LogP contribution in [0.3, 0.4) is 0 Å². The normalized spacial score (nSPS) is 10.3. The van der Waals surface area contributed by atoms with Crippen LogP contribution in [0.5, 0.6) is 0 Å². The Kier molecular flexibility index (Phi) is 6.86. The van der Waals surface area contributed by atoms with Crippen molar-refractivity contribution in [2.75, 3.05) is 17.2 Å². The third kappa shape index (κ3) is 6.08. The molecule has 0 aliphatic rings. The quantitative estimate of drug-likeness (QED) is 0.513. The van der Waals surface area contributed by atoms with Gasteiger partial charge in [-0.1, -0.05) is 30.3 Å². The highest BCUT2D eigenvalue weighted by Crippen LogP contribution is 2.17. The second-order valence-electron chi connectivity index (χ2n) is 6.27. The second kappa shape index (κ2) is 9.75. The number of thiocarbonyl (C=S) groups is 1. The van der Waals surface area contributed by atoms with Crippen LogP contribution in [0.15, 0.2) is 72.8 Å². The molecule has 29 heavy (non-hydrogen) atoms. The summed E-state index contributed by atoms with van der Waals surface area (Å²) in [6.45, 7) is 0.585. The molecule has 148 valence electrons. The molecule has 0 saturated carbocycles. The van der Waals surface area contributed by atoms with E-state index >= 15 is 0 Å². The molecular weight excluding hydrogens is 392 g/mol. The first-order valence-electron chi connectivity index (χ1n) is 8.96. The Morgan fingerprint density at radius 2 is 1.55 bits per heavy atom. The molecule has 0 fully saturated rings. The number of nitrogens with one attached hydrogen (secondary N) is 3. The minimum atomic E-state index is -0.578. The molecule has 4 nitrogen and oxygen atoms in total. The lowest BCUT2D eigenvalue weighted by molar-refractivity contribution is 0.102. The van der Waals surface area contributed by atoms with Gasteiger partial charge in [-0.3, -0.25) is 4.79 Å². The van der Waals surface area contributed by atoms with Gasteiger partial charge in [0.15, 0.2) is 5.11 Å². The molecule has 0 unspecified atom stereocenters. The average molecular weight is 411 g/mol. The number of rotatable bonds is 6. The van der Waals surface area contributed by atoms with Crippen molar-refractivity contribution in [1.29, 1.82) is 0 Å². The fourth-order valence-corrected chi connectivity index (χ4v) is 2.89. The maximum Gasteiger partial charge on any atom is 0.258 e. The SMILES string of the molecule is O=C(Nc1cccc(NC(=S)NCCc2ccc(F)cc2)c1)c1ccccc1F. The first-order chi connectivity index (χ1) is 14.0. The van der Waals surface area contributed by atoms with Gasteiger partial charge in [0, 0.05) is 17.9 Å². The molecule has 0 radical (unpaired) electrons. The Morgan fingerprint density at radius 1 is 0.862 bits per heavy atom. The number of anilines is 2. The minimum absolute atomic E-state index is 0.0242. The summed E-state index contributed by atoms with van der Waals surface area (Å²) in [6.07, 6.45) is 0.695. The minimum Gasteiger partial charge on any atom is -0.362 e. The number of amides is 1. The van der Waals surface area contributed by atoms with Gasteiger partial charge in [-0.2, -0.15) is 0 Å². The van der Waals surface area contributed by atoms with E-state index in [1.807, 2.05) is 0 Å². The summed E-state index contributed by atoms with van der Waals surface area (Å²) in [7, 11) is 0. The Morgan fingerprint density at radius 3 is 2.28 bits per heavy atom. The molecule has 1 amide bonds. The third-order valence-electron chi connectivity index (χ3n) is 4.11. The summed E-state index contributed by atoms with van der Waals surface area (Å²) in [6, 6.07) is 19.1. The zero-order valence-electron chi connectivity index (χ0n) is 15.4. The van der Waals surface area contributed by atoms with E-state index in [0.29, 0.717) is 29.5 Å². The molecule has 0 spiro atoms. The molecule has 7 heteroatoms. The zero-order valence-corrected chi connectivity index (χ0v) is 16.2. The van der Waals surface area contributed by atoms with Crippen LogP contribution in [0.25, 0.3) is 0 Å². The highest BCUT2D eigenvalue weighted by atomic mass is 32.1. The van der Waals surface area contributed by atoms with Crippen molar-refractivity contribution in [2.45, 2.75) is 6.42 Å². The van der Waals surface area contributed by atoms with E-state index in [2.05, 4.69) is 16.0 Å². The first kappa shape index (κ1) is 20.4.